The van der Waals surface area contributed by atoms with Crippen LogP contribution in [0.3, 0.4) is 0 Å². The number of nitrogens with zero attached hydrogens (tertiary/aromatic N) is 1. The number of rotatable bonds is 5. The van der Waals surface area contributed by atoms with E-state index in [1.54, 1.807) is 4.90 Å². The van der Waals surface area contributed by atoms with Crippen molar-refractivity contribution in [3.05, 3.63) is 29.3 Å². The Hall–Kier alpha value is -1.73. The van der Waals surface area contributed by atoms with E-state index >= 15 is 0 Å². The summed E-state index contributed by atoms with van der Waals surface area (Å²) in [5, 5.41) is 12.3. The van der Waals surface area contributed by atoms with Crippen LogP contribution in [-0.4, -0.2) is 48.3 Å². The number of amides is 1. The van der Waals surface area contributed by atoms with Crippen molar-refractivity contribution in [2.75, 3.05) is 26.8 Å². The fourth-order valence-corrected chi connectivity index (χ4v) is 2.33. The van der Waals surface area contributed by atoms with Crippen LogP contribution in [0.25, 0.3) is 0 Å². The predicted molar refractivity (Wildman–Crippen MR) is 71.7 cm³/mol. The molecule has 21 heavy (non-hydrogen) atoms. The van der Waals surface area contributed by atoms with E-state index in [1.165, 1.54) is 13.2 Å². The van der Waals surface area contributed by atoms with Gasteiger partial charge >= 0.3 is 0 Å². The lowest BCUT2D eigenvalue weighted by molar-refractivity contribution is -0.143. The first kappa shape index (κ1) is 15.7. The van der Waals surface area contributed by atoms with Gasteiger partial charge in [0.05, 0.1) is 5.54 Å². The van der Waals surface area contributed by atoms with Gasteiger partial charge in [0.25, 0.3) is 0 Å². The highest BCUT2D eigenvalue weighted by Crippen LogP contribution is 2.25. The molecule has 5 nitrogen and oxygen atoms in total. The summed E-state index contributed by atoms with van der Waals surface area (Å²) in [6, 6.07) is 2.31. The fourth-order valence-electron chi connectivity index (χ4n) is 2.33. The molecule has 1 aliphatic rings. The third-order valence-electron chi connectivity index (χ3n) is 3.55. The van der Waals surface area contributed by atoms with Gasteiger partial charge in [-0.25, -0.2) is 8.78 Å². The number of methoxy groups -OCH3 is 1. The minimum Gasteiger partial charge on any atom is -0.503 e. The molecular formula is C14H18F2N2O3. The Morgan fingerprint density at radius 3 is 2.76 bits per heavy atom. The minimum atomic E-state index is -0.984. The maximum Gasteiger partial charge on any atom is 0.248 e. The van der Waals surface area contributed by atoms with Crippen LogP contribution in [0.1, 0.15) is 12.5 Å². The second kappa shape index (κ2) is 5.95. The SMILES string of the molecule is COCC(=O)N1CC(C)(NCc2ccc(F)c(O)c2F)C1. The zero-order valence-electron chi connectivity index (χ0n) is 11.9. The largest absolute Gasteiger partial charge is 0.503 e. The summed E-state index contributed by atoms with van der Waals surface area (Å²) in [4.78, 5) is 13.2. The number of ether oxygens (including phenoxy) is 1. The zero-order valence-corrected chi connectivity index (χ0v) is 11.9. The Morgan fingerprint density at radius 2 is 2.14 bits per heavy atom. The molecule has 1 aromatic rings. The van der Waals surface area contributed by atoms with E-state index in [4.69, 9.17) is 4.74 Å². The van der Waals surface area contributed by atoms with Gasteiger partial charge in [-0.05, 0) is 13.0 Å². The van der Waals surface area contributed by atoms with Crippen molar-refractivity contribution in [1.29, 1.82) is 0 Å². The number of phenolic OH excluding ortho intramolecular Hbond substituents is 1. The van der Waals surface area contributed by atoms with Gasteiger partial charge < -0.3 is 20.1 Å². The van der Waals surface area contributed by atoms with Crippen LogP contribution in [0, 0.1) is 11.6 Å². The van der Waals surface area contributed by atoms with Crippen molar-refractivity contribution in [1.82, 2.24) is 10.2 Å². The van der Waals surface area contributed by atoms with E-state index < -0.39 is 17.4 Å². The van der Waals surface area contributed by atoms with E-state index in [0.717, 1.165) is 6.07 Å². The molecule has 0 atom stereocenters. The molecule has 1 aromatic carbocycles. The lowest BCUT2D eigenvalue weighted by atomic mass is 9.91. The summed E-state index contributed by atoms with van der Waals surface area (Å²) < 4.78 is 31.4. The highest BCUT2D eigenvalue weighted by molar-refractivity contribution is 5.78. The van der Waals surface area contributed by atoms with E-state index in [1.807, 2.05) is 6.92 Å². The van der Waals surface area contributed by atoms with Gasteiger partial charge in [0, 0.05) is 32.3 Å². The number of carbonyl (C=O) groups excluding carboxylic acids is 1. The van der Waals surface area contributed by atoms with Crippen molar-refractivity contribution < 1.29 is 23.4 Å². The third-order valence-corrected chi connectivity index (χ3v) is 3.55. The first-order valence-corrected chi connectivity index (χ1v) is 6.54. The van der Waals surface area contributed by atoms with Crippen molar-refractivity contribution in [2.24, 2.45) is 0 Å². The van der Waals surface area contributed by atoms with Crippen LogP contribution in [-0.2, 0) is 16.1 Å². The van der Waals surface area contributed by atoms with Gasteiger partial charge in [-0.15, -0.1) is 0 Å². The Labute approximate surface area is 121 Å². The lowest BCUT2D eigenvalue weighted by Crippen LogP contribution is -2.68. The van der Waals surface area contributed by atoms with Crippen LogP contribution < -0.4 is 5.32 Å². The van der Waals surface area contributed by atoms with E-state index in [-0.39, 0.29) is 30.2 Å². The monoisotopic (exact) mass is 300 g/mol. The van der Waals surface area contributed by atoms with Crippen LogP contribution in [0.4, 0.5) is 8.78 Å². The molecule has 1 aliphatic heterocycles. The summed E-state index contributed by atoms with van der Waals surface area (Å²) in [6.45, 7) is 3.07. The first-order chi connectivity index (χ1) is 9.86. The first-order valence-electron chi connectivity index (χ1n) is 6.54. The number of nitrogens with one attached hydrogen (secondary N) is 1. The number of likely N-dealkylation sites (tertiary alicyclic amines) is 1. The molecule has 7 heteroatoms. The van der Waals surface area contributed by atoms with Gasteiger partial charge in [-0.3, -0.25) is 4.79 Å². The number of benzene rings is 1. The number of halogens is 2. The number of hydrogen-bond acceptors (Lipinski definition) is 4. The molecule has 0 aromatic heterocycles. The average Bonchev–Trinajstić information content (AvgIpc) is 2.41. The topological polar surface area (TPSA) is 61.8 Å². The van der Waals surface area contributed by atoms with E-state index in [0.29, 0.717) is 13.1 Å². The molecule has 0 unspecified atom stereocenters. The van der Waals surface area contributed by atoms with Crippen LogP contribution >= 0.6 is 0 Å². The number of aromatic hydroxyl groups is 1. The van der Waals surface area contributed by atoms with Gasteiger partial charge in [-0.1, -0.05) is 6.07 Å². The Morgan fingerprint density at radius 1 is 1.48 bits per heavy atom. The van der Waals surface area contributed by atoms with Crippen molar-refractivity contribution >= 4 is 5.91 Å². The molecule has 1 fully saturated rings. The molecule has 0 radical (unpaired) electrons. The molecule has 1 saturated heterocycles. The molecule has 0 bridgehead atoms. The zero-order chi connectivity index (χ0) is 15.6. The Bertz CT molecular complexity index is 545. The molecule has 2 rings (SSSR count). The standard InChI is InChI=1S/C14H18F2N2O3/c1-14(7-18(8-14)11(19)6-21-2)17-5-9-3-4-10(15)13(20)12(9)16/h3-4,17,20H,5-8H2,1-2H3. The minimum absolute atomic E-state index is 0.0382. The van der Waals surface area contributed by atoms with Crippen LogP contribution in [0.15, 0.2) is 12.1 Å². The van der Waals surface area contributed by atoms with Gasteiger partial charge in [-0.2, -0.15) is 0 Å². The normalized spacial score (nSPS) is 16.7. The summed E-state index contributed by atoms with van der Waals surface area (Å²) in [5.41, 5.74) is -0.156. The molecule has 0 spiro atoms. The van der Waals surface area contributed by atoms with Gasteiger partial charge in [0.1, 0.15) is 6.61 Å². The molecule has 2 N–H and O–H groups in total. The van der Waals surface area contributed by atoms with Crippen molar-refractivity contribution in [2.45, 2.75) is 19.0 Å². The molecule has 1 amide bonds. The van der Waals surface area contributed by atoms with E-state index in [2.05, 4.69) is 5.32 Å². The summed E-state index contributed by atoms with van der Waals surface area (Å²) in [5.74, 6) is -3.01. The predicted octanol–water partition coefficient (Wildman–Crippen LogP) is 1.01. The Balaban J connectivity index is 1.90. The molecule has 1 heterocycles. The second-order valence-electron chi connectivity index (χ2n) is 5.47. The Kier molecular flexibility index (Phi) is 4.43. The number of hydrogen-bond donors (Lipinski definition) is 2. The summed E-state index contributed by atoms with van der Waals surface area (Å²) in [7, 11) is 1.46. The summed E-state index contributed by atoms with van der Waals surface area (Å²) in [6.07, 6.45) is 0. The highest BCUT2D eigenvalue weighted by Gasteiger charge is 2.40. The van der Waals surface area contributed by atoms with Crippen LogP contribution in [0.5, 0.6) is 5.75 Å². The van der Waals surface area contributed by atoms with Crippen LogP contribution in [0.2, 0.25) is 0 Å². The lowest BCUT2D eigenvalue weighted by Gasteiger charge is -2.48. The smallest absolute Gasteiger partial charge is 0.248 e. The highest BCUT2D eigenvalue weighted by atomic mass is 19.1. The quantitative estimate of drug-likeness (QED) is 0.852. The summed E-state index contributed by atoms with van der Waals surface area (Å²) >= 11 is 0. The molecule has 116 valence electrons. The van der Waals surface area contributed by atoms with E-state index in [9.17, 15) is 18.7 Å². The fraction of sp³-hybridized carbons (Fsp3) is 0.500. The third kappa shape index (κ3) is 3.30. The second-order valence-corrected chi connectivity index (χ2v) is 5.47. The van der Waals surface area contributed by atoms with Gasteiger partial charge in [0.2, 0.25) is 5.91 Å². The molecular weight excluding hydrogens is 282 g/mol. The average molecular weight is 300 g/mol. The molecule has 0 aliphatic carbocycles. The van der Waals surface area contributed by atoms with Crippen molar-refractivity contribution in [3.63, 3.8) is 0 Å². The maximum absolute atomic E-state index is 13.7. The maximum atomic E-state index is 13.7. The molecule has 0 saturated carbocycles. The number of carbonyl (C=O) groups is 1. The van der Waals surface area contributed by atoms with Crippen molar-refractivity contribution in [3.8, 4) is 5.75 Å². The number of phenols is 1. The van der Waals surface area contributed by atoms with Gasteiger partial charge in [0.15, 0.2) is 17.4 Å².